The van der Waals surface area contributed by atoms with Gasteiger partial charge >= 0.3 is 0 Å². The first-order chi connectivity index (χ1) is 15.9. The molecule has 0 aliphatic rings. The third-order valence-electron chi connectivity index (χ3n) is 5.47. The van der Waals surface area contributed by atoms with Gasteiger partial charge in [-0.05, 0) is 71.1 Å². The number of rotatable bonds is 6. The van der Waals surface area contributed by atoms with Crippen LogP contribution in [0.15, 0.2) is 66.7 Å². The summed E-state index contributed by atoms with van der Waals surface area (Å²) in [5.41, 5.74) is 2.02. The van der Waals surface area contributed by atoms with Gasteiger partial charge in [-0.15, -0.1) is 11.3 Å². The number of carbonyl (C=O) groups is 1. The van der Waals surface area contributed by atoms with Crippen molar-refractivity contribution in [3.05, 3.63) is 93.6 Å². The molecule has 4 rings (SSSR count). The second kappa shape index (κ2) is 9.02. The number of carbonyl (C=O) groups excluding carboxylic acids is 1. The molecule has 9 heteroatoms. The molecule has 0 fully saturated rings. The van der Waals surface area contributed by atoms with Crippen LogP contribution >= 0.6 is 22.9 Å². The summed E-state index contributed by atoms with van der Waals surface area (Å²) in [6.07, 6.45) is 1.08. The molecule has 0 spiro atoms. The molecule has 0 aliphatic heterocycles. The molecule has 3 aromatic carbocycles. The lowest BCUT2D eigenvalue weighted by atomic mass is 9.78. The summed E-state index contributed by atoms with van der Waals surface area (Å²) < 4.78 is 40.1. The summed E-state index contributed by atoms with van der Waals surface area (Å²) in [4.78, 5) is 13.4. The number of nitrogens with one attached hydrogen (secondary N) is 2. The second-order valence-corrected chi connectivity index (χ2v) is 11.8. The van der Waals surface area contributed by atoms with Crippen molar-refractivity contribution in [3.63, 3.8) is 0 Å². The fraction of sp³-hybridized carbons (Fsp3) is 0.160. The Hall–Kier alpha value is -2.94. The Morgan fingerprint density at radius 1 is 0.971 bits per heavy atom. The Bertz CT molecular complexity index is 1510. The minimum absolute atomic E-state index is 0.310. The van der Waals surface area contributed by atoms with Crippen LogP contribution in [0.5, 0.6) is 0 Å². The maximum atomic E-state index is 13.8. The molecule has 0 radical (unpaired) electrons. The van der Waals surface area contributed by atoms with Gasteiger partial charge in [-0.3, -0.25) is 9.52 Å². The fourth-order valence-corrected chi connectivity index (χ4v) is 5.42. The molecule has 176 valence electrons. The Kier molecular flexibility index (Phi) is 6.42. The van der Waals surface area contributed by atoms with Gasteiger partial charge in [0.2, 0.25) is 10.0 Å². The second-order valence-electron chi connectivity index (χ2n) is 8.56. The van der Waals surface area contributed by atoms with Gasteiger partial charge in [-0.25, -0.2) is 12.8 Å². The highest BCUT2D eigenvalue weighted by atomic mass is 35.5. The molecule has 34 heavy (non-hydrogen) atoms. The van der Waals surface area contributed by atoms with Crippen LogP contribution in [0.3, 0.4) is 0 Å². The quantitative estimate of drug-likeness (QED) is 0.301. The molecule has 0 unspecified atom stereocenters. The predicted octanol–water partition coefficient (Wildman–Crippen LogP) is 6.64. The lowest BCUT2D eigenvalue weighted by Crippen LogP contribution is -2.20. The molecule has 0 bridgehead atoms. The van der Waals surface area contributed by atoms with E-state index >= 15 is 0 Å². The third-order valence-corrected chi connectivity index (χ3v) is 7.41. The number of anilines is 2. The van der Waals surface area contributed by atoms with E-state index in [-0.39, 0.29) is 11.7 Å². The molecule has 1 aromatic heterocycles. The highest BCUT2D eigenvalue weighted by Gasteiger charge is 2.25. The molecule has 0 saturated carbocycles. The van der Waals surface area contributed by atoms with Gasteiger partial charge in [0.25, 0.3) is 5.91 Å². The topological polar surface area (TPSA) is 75.3 Å². The van der Waals surface area contributed by atoms with Crippen LogP contribution in [-0.4, -0.2) is 20.6 Å². The number of amides is 1. The number of hydrogen-bond acceptors (Lipinski definition) is 4. The van der Waals surface area contributed by atoms with Crippen molar-refractivity contribution in [1.82, 2.24) is 0 Å². The Balaban J connectivity index is 1.61. The van der Waals surface area contributed by atoms with E-state index < -0.39 is 15.4 Å². The normalized spacial score (nSPS) is 12.0. The summed E-state index contributed by atoms with van der Waals surface area (Å²) in [6, 6.07) is 18.5. The summed E-state index contributed by atoms with van der Waals surface area (Å²) in [5.74, 6) is -0.628. The highest BCUT2D eigenvalue weighted by molar-refractivity contribution is 7.92. The van der Waals surface area contributed by atoms with Gasteiger partial charge in [-0.2, -0.15) is 0 Å². The van der Waals surface area contributed by atoms with Crippen molar-refractivity contribution in [2.24, 2.45) is 0 Å². The van der Waals surface area contributed by atoms with Gasteiger partial charge in [0.15, 0.2) is 0 Å². The van der Waals surface area contributed by atoms with Crippen molar-refractivity contribution in [2.75, 3.05) is 16.3 Å². The van der Waals surface area contributed by atoms with Gasteiger partial charge in [-0.1, -0.05) is 37.6 Å². The first-order valence-corrected chi connectivity index (χ1v) is 13.4. The van der Waals surface area contributed by atoms with E-state index in [1.54, 1.807) is 42.5 Å². The van der Waals surface area contributed by atoms with Crippen molar-refractivity contribution in [1.29, 1.82) is 0 Å². The summed E-state index contributed by atoms with van der Waals surface area (Å²) >= 11 is 7.66. The molecular weight excluding hydrogens is 495 g/mol. The number of fused-ring (bicyclic) bond motifs is 1. The molecule has 4 aromatic rings. The minimum Gasteiger partial charge on any atom is -0.321 e. The molecule has 0 aliphatic carbocycles. The van der Waals surface area contributed by atoms with Crippen molar-refractivity contribution < 1.29 is 17.6 Å². The summed E-state index contributed by atoms with van der Waals surface area (Å²) in [6.45, 7) is 3.93. The van der Waals surface area contributed by atoms with Crippen LogP contribution in [0.1, 0.15) is 34.6 Å². The Morgan fingerprint density at radius 3 is 2.44 bits per heavy atom. The zero-order chi connectivity index (χ0) is 24.7. The van der Waals surface area contributed by atoms with Gasteiger partial charge in [0.05, 0.1) is 11.1 Å². The zero-order valence-electron chi connectivity index (χ0n) is 18.6. The number of thiophene rings is 1. The van der Waals surface area contributed by atoms with E-state index in [4.69, 9.17) is 11.6 Å². The number of hydrogen-bond donors (Lipinski definition) is 2. The van der Waals surface area contributed by atoms with E-state index in [9.17, 15) is 17.6 Å². The Morgan fingerprint density at radius 2 is 1.74 bits per heavy atom. The highest BCUT2D eigenvalue weighted by Crippen LogP contribution is 2.35. The number of benzene rings is 3. The Labute approximate surface area is 206 Å². The average Bonchev–Trinajstić information content (AvgIpc) is 3.16. The molecule has 2 N–H and O–H groups in total. The fourth-order valence-electron chi connectivity index (χ4n) is 3.69. The lowest BCUT2D eigenvalue weighted by Gasteiger charge is -2.27. The molecule has 0 saturated heterocycles. The van der Waals surface area contributed by atoms with Crippen LogP contribution in [0, 0.1) is 5.82 Å². The van der Waals surface area contributed by atoms with Crippen molar-refractivity contribution in [3.8, 4) is 0 Å². The minimum atomic E-state index is -3.40. The van der Waals surface area contributed by atoms with E-state index in [1.807, 2.05) is 26.0 Å². The molecule has 1 heterocycles. The first kappa shape index (κ1) is 24.2. The van der Waals surface area contributed by atoms with Crippen LogP contribution in [0.2, 0.25) is 5.02 Å². The first-order valence-electron chi connectivity index (χ1n) is 10.3. The van der Waals surface area contributed by atoms with Crippen molar-refractivity contribution in [2.45, 2.75) is 19.3 Å². The lowest BCUT2D eigenvalue weighted by molar-refractivity contribution is 0.103. The SMILES string of the molecule is CC(C)(c1cccc(F)c1)c1cc(Cl)cc(NC(=O)c2cc3cc(NS(C)(=O)=O)ccc3s2)c1. The number of sulfonamides is 1. The van der Waals surface area contributed by atoms with E-state index in [0.29, 0.717) is 21.3 Å². The van der Waals surface area contributed by atoms with Crippen LogP contribution in [0.25, 0.3) is 10.1 Å². The van der Waals surface area contributed by atoms with E-state index in [0.717, 1.165) is 27.5 Å². The average molecular weight is 517 g/mol. The zero-order valence-corrected chi connectivity index (χ0v) is 21.0. The molecule has 0 atom stereocenters. The molecule has 5 nitrogen and oxygen atoms in total. The van der Waals surface area contributed by atoms with Crippen LogP contribution in [-0.2, 0) is 15.4 Å². The summed E-state index contributed by atoms with van der Waals surface area (Å²) in [7, 11) is -3.40. The largest absolute Gasteiger partial charge is 0.321 e. The van der Waals surface area contributed by atoms with Crippen molar-refractivity contribution >= 4 is 60.3 Å². The number of halogens is 2. The molecule has 1 amide bonds. The summed E-state index contributed by atoms with van der Waals surface area (Å²) in [5, 5.41) is 4.09. The van der Waals surface area contributed by atoms with Crippen LogP contribution < -0.4 is 10.0 Å². The molecular formula is C25H22ClFN2O3S2. The van der Waals surface area contributed by atoms with Gasteiger partial charge < -0.3 is 5.32 Å². The van der Waals surface area contributed by atoms with Crippen LogP contribution in [0.4, 0.5) is 15.8 Å². The van der Waals surface area contributed by atoms with E-state index in [1.165, 1.54) is 23.5 Å². The van der Waals surface area contributed by atoms with E-state index in [2.05, 4.69) is 10.0 Å². The maximum absolute atomic E-state index is 13.8. The van der Waals surface area contributed by atoms with Gasteiger partial charge in [0.1, 0.15) is 5.82 Å². The smallest absolute Gasteiger partial charge is 0.265 e. The van der Waals surface area contributed by atoms with Gasteiger partial charge in [0, 0.05) is 26.5 Å². The maximum Gasteiger partial charge on any atom is 0.265 e. The third kappa shape index (κ3) is 5.41. The predicted molar refractivity (Wildman–Crippen MR) is 138 cm³/mol. The standard InChI is InChI=1S/C25H22ClFN2O3S2/c1-25(2,16-5-4-6-19(27)12-16)17-11-18(26)14-21(13-17)28-24(30)23-10-15-9-20(29-34(3,31)32)7-8-22(15)33-23/h4-14,29H,1-3H3,(H,28,30). The monoisotopic (exact) mass is 516 g/mol.